The lowest BCUT2D eigenvalue weighted by Gasteiger charge is -2.26. The summed E-state index contributed by atoms with van der Waals surface area (Å²) in [6.07, 6.45) is 5.37. The number of allylic oxidation sites excluding steroid dienone is 1. The highest BCUT2D eigenvalue weighted by molar-refractivity contribution is 6.04. The smallest absolute Gasteiger partial charge is 0.0643 e. The number of aliphatic imine (C=N–C) groups is 1. The Balaban J connectivity index is 1.95. The minimum absolute atomic E-state index is 0.511. The van der Waals surface area contributed by atoms with Crippen LogP contribution >= 0.6 is 0 Å². The number of nitrogens with zero attached hydrogens (tertiary/aromatic N) is 1. The molecule has 0 radical (unpaired) electrons. The van der Waals surface area contributed by atoms with Crippen LogP contribution in [0.15, 0.2) is 66.2 Å². The normalized spacial score (nSPS) is 19.0. The molecule has 2 aromatic rings. The Labute approximate surface area is 133 Å². The van der Waals surface area contributed by atoms with Crippen LogP contribution in [0.1, 0.15) is 35.1 Å². The van der Waals surface area contributed by atoms with Gasteiger partial charge in [-0.2, -0.15) is 0 Å². The van der Waals surface area contributed by atoms with Gasteiger partial charge in [-0.1, -0.05) is 60.2 Å². The Kier molecular flexibility index (Phi) is 4.53. The summed E-state index contributed by atoms with van der Waals surface area (Å²) in [5, 5.41) is 0. The van der Waals surface area contributed by atoms with E-state index in [1.165, 1.54) is 34.4 Å². The largest absolute Gasteiger partial charge is 0.284 e. The summed E-state index contributed by atoms with van der Waals surface area (Å²) < 4.78 is 0. The predicted octanol–water partition coefficient (Wildman–Crippen LogP) is 5.12. The summed E-state index contributed by atoms with van der Waals surface area (Å²) in [6, 6.07) is 17.3. The van der Waals surface area contributed by atoms with Crippen LogP contribution in [-0.4, -0.2) is 5.71 Å². The van der Waals surface area contributed by atoms with E-state index in [1.807, 2.05) is 6.08 Å². The molecule has 112 valence electrons. The second-order valence-electron chi connectivity index (χ2n) is 6.11. The van der Waals surface area contributed by atoms with E-state index in [1.54, 1.807) is 0 Å². The van der Waals surface area contributed by atoms with Crippen molar-refractivity contribution in [1.29, 1.82) is 0 Å². The van der Waals surface area contributed by atoms with Gasteiger partial charge in [0.15, 0.2) is 0 Å². The van der Waals surface area contributed by atoms with E-state index in [0.29, 0.717) is 5.92 Å². The fourth-order valence-corrected chi connectivity index (χ4v) is 3.27. The predicted molar refractivity (Wildman–Crippen MR) is 94.5 cm³/mol. The van der Waals surface area contributed by atoms with Crippen molar-refractivity contribution in [2.24, 2.45) is 10.9 Å². The maximum Gasteiger partial charge on any atom is 0.0643 e. The van der Waals surface area contributed by atoms with E-state index in [-0.39, 0.29) is 0 Å². The van der Waals surface area contributed by atoms with Crippen LogP contribution in [0, 0.1) is 12.8 Å². The summed E-state index contributed by atoms with van der Waals surface area (Å²) >= 11 is 0. The Morgan fingerprint density at radius 3 is 2.77 bits per heavy atom. The first-order chi connectivity index (χ1) is 10.8. The molecule has 0 spiro atoms. The van der Waals surface area contributed by atoms with Gasteiger partial charge in [0.05, 0.1) is 6.54 Å². The quantitative estimate of drug-likeness (QED) is 0.692. The maximum atomic E-state index is 4.99. The summed E-state index contributed by atoms with van der Waals surface area (Å²) in [7, 11) is 0. The summed E-state index contributed by atoms with van der Waals surface area (Å²) in [5.41, 5.74) is 6.67. The van der Waals surface area contributed by atoms with Crippen LogP contribution in [0.2, 0.25) is 0 Å². The van der Waals surface area contributed by atoms with Crippen LogP contribution in [-0.2, 0) is 13.0 Å². The molecule has 3 rings (SSSR count). The fraction of sp³-hybridized carbons (Fsp3) is 0.286. The van der Waals surface area contributed by atoms with Crippen LogP contribution in [0.5, 0.6) is 0 Å². The van der Waals surface area contributed by atoms with Gasteiger partial charge in [-0.05, 0) is 42.9 Å². The van der Waals surface area contributed by atoms with Crippen molar-refractivity contribution in [3.8, 4) is 0 Å². The van der Waals surface area contributed by atoms with Gasteiger partial charge in [0.25, 0.3) is 0 Å². The van der Waals surface area contributed by atoms with Gasteiger partial charge >= 0.3 is 0 Å². The molecule has 1 nitrogen and oxygen atoms in total. The van der Waals surface area contributed by atoms with Gasteiger partial charge in [0.2, 0.25) is 0 Å². The first kappa shape index (κ1) is 14.8. The third-order valence-corrected chi connectivity index (χ3v) is 4.41. The van der Waals surface area contributed by atoms with E-state index in [0.717, 1.165) is 19.4 Å². The molecule has 0 aromatic heterocycles. The summed E-state index contributed by atoms with van der Waals surface area (Å²) in [5.74, 6) is 0.511. The highest BCUT2D eigenvalue weighted by Crippen LogP contribution is 2.29. The molecule has 1 unspecified atom stereocenters. The van der Waals surface area contributed by atoms with Crippen molar-refractivity contribution in [1.82, 2.24) is 0 Å². The molecule has 1 aliphatic rings. The number of rotatable bonds is 4. The van der Waals surface area contributed by atoms with Gasteiger partial charge in [-0.15, -0.1) is 6.58 Å². The van der Waals surface area contributed by atoms with Gasteiger partial charge in [0, 0.05) is 11.6 Å². The maximum absolute atomic E-state index is 4.99. The van der Waals surface area contributed by atoms with Crippen molar-refractivity contribution in [2.75, 3.05) is 0 Å². The molecule has 0 amide bonds. The number of fused-ring (bicyclic) bond motifs is 1. The van der Waals surface area contributed by atoms with Crippen molar-refractivity contribution in [2.45, 2.75) is 32.7 Å². The van der Waals surface area contributed by atoms with E-state index >= 15 is 0 Å². The van der Waals surface area contributed by atoms with E-state index in [9.17, 15) is 0 Å². The van der Waals surface area contributed by atoms with Crippen molar-refractivity contribution in [3.63, 3.8) is 0 Å². The Morgan fingerprint density at radius 2 is 2.00 bits per heavy atom. The number of benzene rings is 2. The third-order valence-electron chi connectivity index (χ3n) is 4.41. The lowest BCUT2D eigenvalue weighted by Crippen LogP contribution is -2.23. The molecule has 2 aromatic carbocycles. The zero-order chi connectivity index (χ0) is 15.4. The van der Waals surface area contributed by atoms with E-state index < -0.39 is 0 Å². The van der Waals surface area contributed by atoms with Crippen molar-refractivity contribution < 1.29 is 0 Å². The second-order valence-corrected chi connectivity index (χ2v) is 6.11. The van der Waals surface area contributed by atoms with Gasteiger partial charge in [0.1, 0.15) is 0 Å². The highest BCUT2D eigenvalue weighted by Gasteiger charge is 2.24. The van der Waals surface area contributed by atoms with Crippen molar-refractivity contribution in [3.05, 3.63) is 83.4 Å². The molecule has 0 bridgehead atoms. The highest BCUT2D eigenvalue weighted by atomic mass is 14.7. The van der Waals surface area contributed by atoms with Crippen LogP contribution in [0.3, 0.4) is 0 Å². The third kappa shape index (κ3) is 3.19. The minimum atomic E-state index is 0.511. The molecular weight excluding hydrogens is 266 g/mol. The molecule has 1 aliphatic carbocycles. The van der Waals surface area contributed by atoms with Crippen LogP contribution in [0.4, 0.5) is 0 Å². The standard InChI is InChI=1S/C21H23N/c1-3-7-18-11-12-19-14-16(2)10-13-20(19)21(18)22-15-17-8-5-4-6-9-17/h3-6,8-10,13-14,18H,1,7,11-12,15H2,2H3. The summed E-state index contributed by atoms with van der Waals surface area (Å²) in [4.78, 5) is 4.99. The zero-order valence-electron chi connectivity index (χ0n) is 13.3. The first-order valence-electron chi connectivity index (χ1n) is 8.07. The van der Waals surface area contributed by atoms with Gasteiger partial charge in [-0.3, -0.25) is 4.99 Å². The molecular formula is C21H23N. The topological polar surface area (TPSA) is 12.4 Å². The Bertz CT molecular complexity index is 682. The van der Waals surface area contributed by atoms with Crippen LogP contribution in [0.25, 0.3) is 0 Å². The number of hydrogen-bond donors (Lipinski definition) is 0. The Hall–Kier alpha value is -2.15. The molecule has 0 aliphatic heterocycles. The molecule has 1 heteroatoms. The monoisotopic (exact) mass is 289 g/mol. The lowest BCUT2D eigenvalue weighted by atomic mass is 9.80. The SMILES string of the molecule is C=CCC1CCc2cc(C)ccc2C1=NCc1ccccc1. The summed E-state index contributed by atoms with van der Waals surface area (Å²) in [6.45, 7) is 6.85. The molecule has 0 saturated heterocycles. The lowest BCUT2D eigenvalue weighted by molar-refractivity contribution is 0.614. The van der Waals surface area contributed by atoms with E-state index in [4.69, 9.17) is 4.99 Å². The number of aryl methyl sites for hydroxylation is 2. The second kappa shape index (κ2) is 6.74. The Morgan fingerprint density at radius 1 is 1.18 bits per heavy atom. The first-order valence-corrected chi connectivity index (χ1v) is 8.07. The van der Waals surface area contributed by atoms with Gasteiger partial charge < -0.3 is 0 Å². The molecule has 0 fully saturated rings. The molecule has 22 heavy (non-hydrogen) atoms. The van der Waals surface area contributed by atoms with Crippen LogP contribution < -0.4 is 0 Å². The molecule has 0 heterocycles. The molecule has 0 saturated carbocycles. The average Bonchev–Trinajstić information content (AvgIpc) is 2.55. The van der Waals surface area contributed by atoms with E-state index in [2.05, 4.69) is 62.0 Å². The molecule has 0 N–H and O–H groups in total. The van der Waals surface area contributed by atoms with Crippen molar-refractivity contribution >= 4 is 5.71 Å². The molecule has 1 atom stereocenters. The number of hydrogen-bond acceptors (Lipinski definition) is 1. The minimum Gasteiger partial charge on any atom is -0.284 e. The zero-order valence-corrected chi connectivity index (χ0v) is 13.3. The average molecular weight is 289 g/mol. The fourth-order valence-electron chi connectivity index (χ4n) is 3.27. The van der Waals surface area contributed by atoms with Gasteiger partial charge in [-0.25, -0.2) is 0 Å².